The van der Waals surface area contributed by atoms with E-state index in [2.05, 4.69) is 32.2 Å². The van der Waals surface area contributed by atoms with Gasteiger partial charge in [-0.2, -0.15) is 4.98 Å². The molecule has 12 nitrogen and oxygen atoms in total. The second-order valence-electron chi connectivity index (χ2n) is 8.97. The van der Waals surface area contributed by atoms with Gasteiger partial charge in [0.2, 0.25) is 11.9 Å². The molecule has 3 aromatic heterocycles. The molecule has 0 saturated heterocycles. The van der Waals surface area contributed by atoms with E-state index in [4.69, 9.17) is 37.8 Å². The summed E-state index contributed by atoms with van der Waals surface area (Å²) in [6, 6.07) is 6.54. The van der Waals surface area contributed by atoms with Crippen LogP contribution in [0.2, 0.25) is 10.0 Å². The Morgan fingerprint density at radius 1 is 1.14 bits per heavy atom. The van der Waals surface area contributed by atoms with Crippen molar-refractivity contribution in [3.63, 3.8) is 0 Å². The summed E-state index contributed by atoms with van der Waals surface area (Å²) in [6.07, 6.45) is 3.49. The number of rotatable bonds is 12. The van der Waals surface area contributed by atoms with Crippen LogP contribution in [-0.4, -0.2) is 69.1 Å². The van der Waals surface area contributed by atoms with E-state index in [-0.39, 0.29) is 57.6 Å². The quantitative estimate of drug-likeness (QED) is 0.174. The Hall–Kier alpha value is -4.23. The molecule has 0 spiro atoms. The van der Waals surface area contributed by atoms with E-state index in [0.29, 0.717) is 28.8 Å². The average Bonchev–Trinajstić information content (AvgIpc) is 3.00. The first kappa shape index (κ1) is 30.7. The molecule has 0 radical (unpaired) electrons. The Morgan fingerprint density at radius 3 is 2.45 bits per heavy atom. The first-order chi connectivity index (χ1) is 20.2. The second kappa shape index (κ2) is 13.6. The van der Waals surface area contributed by atoms with Crippen molar-refractivity contribution in [3.8, 4) is 22.6 Å². The van der Waals surface area contributed by atoms with Crippen LogP contribution in [0.5, 0.6) is 11.5 Å². The highest BCUT2D eigenvalue weighted by Crippen LogP contribution is 2.45. The van der Waals surface area contributed by atoms with Crippen molar-refractivity contribution in [1.82, 2.24) is 19.5 Å². The molecule has 1 atom stereocenters. The van der Waals surface area contributed by atoms with Crippen molar-refractivity contribution in [2.75, 3.05) is 38.0 Å². The van der Waals surface area contributed by atoms with Gasteiger partial charge < -0.3 is 30.3 Å². The number of halogens is 2. The summed E-state index contributed by atoms with van der Waals surface area (Å²) in [5, 5.41) is 25.1. The van der Waals surface area contributed by atoms with E-state index in [0.717, 1.165) is 6.08 Å². The van der Waals surface area contributed by atoms with Crippen LogP contribution in [0.25, 0.3) is 22.2 Å². The smallest absolute Gasteiger partial charge is 0.260 e. The number of hydrogen-bond donors (Lipinski definition) is 4. The Bertz CT molecular complexity index is 1650. The summed E-state index contributed by atoms with van der Waals surface area (Å²) >= 11 is 13.3. The second-order valence-corrected chi connectivity index (χ2v) is 9.73. The number of pyridine rings is 2. The number of nitrogens with zero attached hydrogens (tertiary/aromatic N) is 4. The van der Waals surface area contributed by atoms with Crippen molar-refractivity contribution >= 4 is 51.8 Å². The normalized spacial score (nSPS) is 11.7. The Labute approximate surface area is 250 Å². The molecule has 3 heterocycles. The summed E-state index contributed by atoms with van der Waals surface area (Å²) in [6.45, 7) is 3.14. The lowest BCUT2D eigenvalue weighted by molar-refractivity contribution is -0.111. The minimum absolute atomic E-state index is 0.00218. The lowest BCUT2D eigenvalue weighted by Gasteiger charge is -2.17. The fourth-order valence-corrected chi connectivity index (χ4v) is 4.80. The van der Waals surface area contributed by atoms with Crippen LogP contribution in [0.15, 0.2) is 54.1 Å². The number of hydrogen-bond acceptors (Lipinski definition) is 10. The van der Waals surface area contributed by atoms with E-state index in [9.17, 15) is 14.7 Å². The van der Waals surface area contributed by atoms with Gasteiger partial charge in [-0.1, -0.05) is 29.8 Å². The van der Waals surface area contributed by atoms with Crippen molar-refractivity contribution in [2.24, 2.45) is 0 Å². The third-order valence-corrected chi connectivity index (χ3v) is 7.00. The number of aliphatic hydroxyl groups excluding tert-OH is 2. The molecule has 1 aromatic carbocycles. The number of aryl methyl sites for hydroxylation is 2. The number of aromatic nitrogens is 4. The van der Waals surface area contributed by atoms with Crippen molar-refractivity contribution in [1.29, 1.82) is 0 Å². The minimum atomic E-state index is -1.02. The monoisotopic (exact) mass is 614 g/mol. The highest BCUT2D eigenvalue weighted by molar-refractivity contribution is 6.41. The van der Waals surface area contributed by atoms with Gasteiger partial charge in [-0.05, 0) is 24.3 Å². The molecule has 4 N–H and O–H groups in total. The van der Waals surface area contributed by atoms with Crippen molar-refractivity contribution in [2.45, 2.75) is 19.1 Å². The zero-order valence-corrected chi connectivity index (χ0v) is 24.2. The maximum Gasteiger partial charge on any atom is 0.260 e. The third-order valence-electron chi connectivity index (χ3n) is 6.25. The van der Waals surface area contributed by atoms with Crippen LogP contribution in [0.1, 0.15) is 5.69 Å². The molecule has 0 saturated carbocycles. The molecule has 0 aliphatic heterocycles. The lowest BCUT2D eigenvalue weighted by atomic mass is 10.0. The van der Waals surface area contributed by atoms with Crippen LogP contribution < -0.4 is 25.7 Å². The molecule has 0 fully saturated rings. The van der Waals surface area contributed by atoms with Gasteiger partial charge in [0, 0.05) is 48.4 Å². The van der Waals surface area contributed by atoms with Crippen LogP contribution >= 0.6 is 23.2 Å². The number of anilines is 2. The lowest BCUT2D eigenvalue weighted by Crippen LogP contribution is -2.26. The fraction of sp³-hybridized carbons (Fsp3) is 0.250. The van der Waals surface area contributed by atoms with Gasteiger partial charge in [0.05, 0.1) is 54.4 Å². The first-order valence-electron chi connectivity index (χ1n) is 12.6. The van der Waals surface area contributed by atoms with Gasteiger partial charge in [-0.15, -0.1) is 0 Å². The van der Waals surface area contributed by atoms with Crippen LogP contribution in [0.4, 0.5) is 11.6 Å². The van der Waals surface area contributed by atoms with Crippen LogP contribution in [-0.2, 0) is 17.8 Å². The van der Waals surface area contributed by atoms with E-state index in [1.807, 2.05) is 0 Å². The van der Waals surface area contributed by atoms with E-state index < -0.39 is 18.3 Å². The van der Waals surface area contributed by atoms with Gasteiger partial charge >= 0.3 is 0 Å². The number of carbonyl (C=O) groups excluding carboxylic acids is 1. The minimum Gasteiger partial charge on any atom is -0.495 e. The van der Waals surface area contributed by atoms with E-state index in [1.54, 1.807) is 18.2 Å². The van der Waals surface area contributed by atoms with Gasteiger partial charge in [0.25, 0.3) is 5.56 Å². The molecule has 4 rings (SSSR count). The molecule has 1 amide bonds. The zero-order chi connectivity index (χ0) is 30.4. The fourth-order valence-electron chi connectivity index (χ4n) is 4.09. The number of ether oxygens (including phenoxy) is 2. The summed E-state index contributed by atoms with van der Waals surface area (Å²) in [5.41, 5.74) is 1.40. The van der Waals surface area contributed by atoms with Crippen LogP contribution in [0, 0.1) is 0 Å². The summed E-state index contributed by atoms with van der Waals surface area (Å²) in [7, 11) is 2.88. The highest BCUT2D eigenvalue weighted by Gasteiger charge is 2.23. The molecular weight excluding hydrogens is 587 g/mol. The third kappa shape index (κ3) is 6.63. The highest BCUT2D eigenvalue weighted by atomic mass is 35.5. The Kier molecular flexibility index (Phi) is 9.96. The summed E-state index contributed by atoms with van der Waals surface area (Å²) in [4.78, 5) is 38.8. The maximum atomic E-state index is 14.1. The molecular formula is C28H28Cl2N6O6. The van der Waals surface area contributed by atoms with Crippen molar-refractivity contribution in [3.05, 3.63) is 75.4 Å². The number of fused-ring (bicyclic) bond motifs is 1. The largest absolute Gasteiger partial charge is 0.495 e. The predicted molar refractivity (Wildman–Crippen MR) is 161 cm³/mol. The first-order valence-corrected chi connectivity index (χ1v) is 13.4. The molecule has 14 heteroatoms. The number of aliphatic hydroxyl groups is 2. The molecule has 4 aromatic rings. The number of nitrogens with one attached hydrogen (secondary N) is 2. The molecule has 220 valence electrons. The molecule has 42 heavy (non-hydrogen) atoms. The zero-order valence-electron chi connectivity index (χ0n) is 22.7. The maximum absolute atomic E-state index is 14.1. The van der Waals surface area contributed by atoms with E-state index >= 15 is 0 Å². The van der Waals surface area contributed by atoms with Crippen LogP contribution in [0.3, 0.4) is 0 Å². The number of carbonyl (C=O) groups is 1. The summed E-state index contributed by atoms with van der Waals surface area (Å²) < 4.78 is 12.2. The Balaban J connectivity index is 1.82. The average molecular weight is 615 g/mol. The van der Waals surface area contributed by atoms with Crippen molar-refractivity contribution < 1.29 is 24.5 Å². The SMILES string of the molecule is C=CC(=O)Nc1ccc(CCn2c(=O)c(-c3c(Cl)c(OC)cc(OC)c3Cl)cc3cnc(NCC(O)CO)nc32)nc1. The number of amides is 1. The Morgan fingerprint density at radius 2 is 1.86 bits per heavy atom. The van der Waals surface area contributed by atoms with Gasteiger partial charge in [0.1, 0.15) is 17.1 Å². The van der Waals surface area contributed by atoms with E-state index in [1.165, 1.54) is 37.2 Å². The molecule has 0 bridgehead atoms. The topological polar surface area (TPSA) is 161 Å². The van der Waals surface area contributed by atoms with Gasteiger partial charge in [-0.3, -0.25) is 19.1 Å². The molecule has 0 aliphatic carbocycles. The van der Waals surface area contributed by atoms with Gasteiger partial charge in [-0.25, -0.2) is 4.98 Å². The standard InChI is InChI=1S/C28H28Cl2N6O6/c1-4-22(39)34-17-6-5-16(31-12-17)7-8-36-26-15(11-32-28(35-26)33-13-18(38)14-37)9-19(27(36)40)23-24(29)20(41-2)10-21(42-3)25(23)30/h4-6,9-12,18,37-38H,1,7-8,13-14H2,2-3H3,(H,34,39)(H,32,33,35). The van der Waals surface area contributed by atoms with Gasteiger partial charge in [0.15, 0.2) is 0 Å². The predicted octanol–water partition coefficient (Wildman–Crippen LogP) is 3.31. The summed E-state index contributed by atoms with van der Waals surface area (Å²) in [5.74, 6) is 0.326. The number of benzene rings is 1. The molecule has 1 unspecified atom stereocenters. The molecule has 0 aliphatic rings. The number of methoxy groups -OCH3 is 2.